The number of thiazole rings is 1. The summed E-state index contributed by atoms with van der Waals surface area (Å²) in [6.07, 6.45) is 6.97. The largest absolute Gasteiger partial charge is 0.504 e. The Morgan fingerprint density at radius 1 is 1.16 bits per heavy atom. The molecule has 1 aliphatic carbocycles. The van der Waals surface area contributed by atoms with E-state index in [4.69, 9.17) is 0 Å². The first-order valence-corrected chi connectivity index (χ1v) is 9.16. The lowest BCUT2D eigenvalue weighted by molar-refractivity contribution is 0.101. The second-order valence-electron chi connectivity index (χ2n) is 6.05. The number of carbonyl (C=O) groups excluding carboxylic acids is 1. The van der Waals surface area contributed by atoms with Crippen molar-refractivity contribution in [3.8, 4) is 11.4 Å². The van der Waals surface area contributed by atoms with Gasteiger partial charge in [-0.25, -0.2) is 9.67 Å². The average molecular weight is 354 g/mol. The van der Waals surface area contributed by atoms with Gasteiger partial charge in [0, 0.05) is 4.88 Å². The summed E-state index contributed by atoms with van der Waals surface area (Å²) in [4.78, 5) is 18.3. The summed E-state index contributed by atoms with van der Waals surface area (Å²) in [6, 6.07) is 9.35. The molecule has 0 fully saturated rings. The van der Waals surface area contributed by atoms with Crippen LogP contribution in [0.3, 0.4) is 0 Å². The Bertz CT molecular complexity index is 878. The van der Waals surface area contributed by atoms with E-state index in [1.165, 1.54) is 39.9 Å². The minimum atomic E-state index is -0.448. The summed E-state index contributed by atoms with van der Waals surface area (Å²) < 4.78 is 1.49. The summed E-state index contributed by atoms with van der Waals surface area (Å²) in [7, 11) is 0. The van der Waals surface area contributed by atoms with Crippen LogP contribution < -0.4 is 5.32 Å². The lowest BCUT2D eigenvalue weighted by Gasteiger charge is -2.00. The highest BCUT2D eigenvalue weighted by Gasteiger charge is 2.20. The number of aromatic nitrogens is 3. The number of para-hydroxylation sites is 1. The molecule has 1 aliphatic rings. The predicted molar refractivity (Wildman–Crippen MR) is 96.6 cm³/mol. The third kappa shape index (κ3) is 3.28. The highest BCUT2D eigenvalue weighted by molar-refractivity contribution is 7.15. The highest BCUT2D eigenvalue weighted by Crippen LogP contribution is 2.29. The third-order valence-corrected chi connectivity index (χ3v) is 5.32. The van der Waals surface area contributed by atoms with Crippen LogP contribution in [0.5, 0.6) is 5.75 Å². The number of carbonyl (C=O) groups is 1. The quantitative estimate of drug-likeness (QED) is 0.705. The van der Waals surface area contributed by atoms with E-state index in [1.54, 1.807) is 0 Å². The molecule has 0 saturated heterocycles. The van der Waals surface area contributed by atoms with E-state index < -0.39 is 5.91 Å². The summed E-state index contributed by atoms with van der Waals surface area (Å²) in [5, 5.41) is 17.6. The Morgan fingerprint density at radius 2 is 1.96 bits per heavy atom. The van der Waals surface area contributed by atoms with Gasteiger partial charge in [-0.15, -0.1) is 11.3 Å². The molecule has 2 heterocycles. The Morgan fingerprint density at radius 3 is 2.80 bits per heavy atom. The second-order valence-corrected chi connectivity index (χ2v) is 7.13. The maximum absolute atomic E-state index is 12.5. The molecule has 6 nitrogen and oxygen atoms in total. The van der Waals surface area contributed by atoms with Crippen LogP contribution in [0.1, 0.15) is 40.3 Å². The number of hydrogen-bond donors (Lipinski definition) is 2. The average Bonchev–Trinajstić information content (AvgIpc) is 3.12. The van der Waals surface area contributed by atoms with Gasteiger partial charge in [-0.05, 0) is 37.8 Å². The molecule has 0 radical (unpaired) electrons. The van der Waals surface area contributed by atoms with Crippen molar-refractivity contribution in [1.82, 2.24) is 14.8 Å². The monoisotopic (exact) mass is 354 g/mol. The van der Waals surface area contributed by atoms with E-state index >= 15 is 0 Å². The maximum atomic E-state index is 12.5. The van der Waals surface area contributed by atoms with Crippen molar-refractivity contribution >= 4 is 22.4 Å². The Hall–Kier alpha value is -2.67. The minimum Gasteiger partial charge on any atom is -0.504 e. The summed E-state index contributed by atoms with van der Waals surface area (Å²) in [6.45, 7) is 0. The molecule has 3 aromatic rings. The fraction of sp³-hybridized carbons (Fsp3) is 0.278. The van der Waals surface area contributed by atoms with Crippen LogP contribution in [0.2, 0.25) is 0 Å². The molecule has 0 atom stereocenters. The smallest absolute Gasteiger partial charge is 0.281 e. The molecule has 1 aromatic carbocycles. The fourth-order valence-corrected chi connectivity index (χ4v) is 4.02. The van der Waals surface area contributed by atoms with E-state index in [0.29, 0.717) is 5.13 Å². The maximum Gasteiger partial charge on any atom is 0.281 e. The van der Waals surface area contributed by atoms with Crippen molar-refractivity contribution in [2.24, 2.45) is 0 Å². The van der Waals surface area contributed by atoms with E-state index in [0.717, 1.165) is 30.6 Å². The molecule has 0 bridgehead atoms. The molecule has 4 rings (SSSR count). The first kappa shape index (κ1) is 15.8. The van der Waals surface area contributed by atoms with E-state index in [9.17, 15) is 9.90 Å². The highest BCUT2D eigenvalue weighted by atomic mass is 32.1. The van der Waals surface area contributed by atoms with Gasteiger partial charge in [0.25, 0.3) is 5.91 Å². The molecule has 1 amide bonds. The fourth-order valence-electron chi connectivity index (χ4n) is 2.98. The number of nitrogens with zero attached hydrogens (tertiary/aromatic N) is 3. The van der Waals surface area contributed by atoms with Gasteiger partial charge >= 0.3 is 0 Å². The first-order valence-electron chi connectivity index (χ1n) is 8.35. The molecule has 2 aromatic heterocycles. The third-order valence-electron chi connectivity index (χ3n) is 4.25. The van der Waals surface area contributed by atoms with Gasteiger partial charge < -0.3 is 5.11 Å². The number of anilines is 1. The normalized spacial score (nSPS) is 13.9. The van der Waals surface area contributed by atoms with Gasteiger partial charge in [0.1, 0.15) is 0 Å². The number of amides is 1. The molecule has 25 heavy (non-hydrogen) atoms. The molecule has 128 valence electrons. The number of aryl methyl sites for hydroxylation is 2. The SMILES string of the molecule is O=C(Nc1nc2c(s1)CCCCC2)c1nn(-c2ccccc2)cc1O. The van der Waals surface area contributed by atoms with Crippen LogP contribution in [-0.4, -0.2) is 25.8 Å². The molecule has 0 unspecified atom stereocenters. The number of aromatic hydroxyl groups is 1. The molecular weight excluding hydrogens is 336 g/mol. The molecule has 2 N–H and O–H groups in total. The van der Waals surface area contributed by atoms with Crippen LogP contribution in [0, 0.1) is 0 Å². The first-order chi connectivity index (χ1) is 12.2. The summed E-state index contributed by atoms with van der Waals surface area (Å²) >= 11 is 1.52. The van der Waals surface area contributed by atoms with Crippen molar-refractivity contribution in [2.45, 2.75) is 32.1 Å². The van der Waals surface area contributed by atoms with Gasteiger partial charge in [0.15, 0.2) is 16.6 Å². The topological polar surface area (TPSA) is 80.0 Å². The Kier molecular flexibility index (Phi) is 4.23. The zero-order valence-electron chi connectivity index (χ0n) is 13.6. The molecule has 0 aliphatic heterocycles. The number of benzene rings is 1. The lowest BCUT2D eigenvalue weighted by Crippen LogP contribution is -2.13. The van der Waals surface area contributed by atoms with Crippen molar-refractivity contribution in [3.63, 3.8) is 0 Å². The van der Waals surface area contributed by atoms with Crippen LogP contribution in [-0.2, 0) is 12.8 Å². The van der Waals surface area contributed by atoms with Crippen molar-refractivity contribution in [3.05, 3.63) is 52.8 Å². The van der Waals surface area contributed by atoms with Crippen molar-refractivity contribution < 1.29 is 9.90 Å². The standard InChI is InChI=1S/C18H18N4O2S/c23-14-11-22(12-7-3-1-4-8-12)21-16(14)17(24)20-18-19-13-9-5-2-6-10-15(13)25-18/h1,3-4,7-8,11,23H,2,5-6,9-10H2,(H,19,20,24). The van der Waals surface area contributed by atoms with Crippen molar-refractivity contribution in [1.29, 1.82) is 0 Å². The lowest BCUT2D eigenvalue weighted by atomic mass is 10.2. The molecule has 7 heteroatoms. The van der Waals surface area contributed by atoms with Crippen LogP contribution in [0.25, 0.3) is 5.69 Å². The number of fused-ring (bicyclic) bond motifs is 1. The van der Waals surface area contributed by atoms with Gasteiger partial charge in [-0.2, -0.15) is 5.10 Å². The minimum absolute atomic E-state index is 0.00533. The summed E-state index contributed by atoms with van der Waals surface area (Å²) in [5.41, 5.74) is 1.86. The van der Waals surface area contributed by atoms with Gasteiger partial charge in [-0.3, -0.25) is 10.1 Å². The van der Waals surface area contributed by atoms with E-state index in [1.807, 2.05) is 30.3 Å². The van der Waals surface area contributed by atoms with E-state index in [-0.39, 0.29) is 11.4 Å². The van der Waals surface area contributed by atoms with Crippen LogP contribution in [0.4, 0.5) is 5.13 Å². The number of rotatable bonds is 3. The predicted octanol–water partition coefficient (Wildman–Crippen LogP) is 3.56. The van der Waals surface area contributed by atoms with Crippen LogP contribution in [0.15, 0.2) is 36.5 Å². The second kappa shape index (κ2) is 6.68. The van der Waals surface area contributed by atoms with Gasteiger partial charge in [0.2, 0.25) is 0 Å². The number of nitrogens with one attached hydrogen (secondary N) is 1. The molecule has 0 saturated carbocycles. The molecular formula is C18H18N4O2S. The zero-order valence-corrected chi connectivity index (χ0v) is 14.4. The number of hydrogen-bond acceptors (Lipinski definition) is 5. The van der Waals surface area contributed by atoms with E-state index in [2.05, 4.69) is 15.4 Å². The van der Waals surface area contributed by atoms with Crippen molar-refractivity contribution in [2.75, 3.05) is 5.32 Å². The molecule has 0 spiro atoms. The zero-order chi connectivity index (χ0) is 17.2. The van der Waals surface area contributed by atoms with Gasteiger partial charge in [0.05, 0.1) is 17.6 Å². The van der Waals surface area contributed by atoms with Crippen LogP contribution >= 0.6 is 11.3 Å². The Labute approximate surface area is 149 Å². The Balaban J connectivity index is 1.55. The summed E-state index contributed by atoms with van der Waals surface area (Å²) in [5.74, 6) is -0.601. The van der Waals surface area contributed by atoms with Gasteiger partial charge in [-0.1, -0.05) is 24.6 Å².